The fraction of sp³-hybridized carbons (Fsp3) is 0.700. The lowest BCUT2D eigenvalue weighted by atomic mass is 9.93. The minimum absolute atomic E-state index is 0.0816. The van der Waals surface area contributed by atoms with E-state index in [2.05, 4.69) is 5.10 Å². The highest BCUT2D eigenvalue weighted by atomic mass is 16.3. The van der Waals surface area contributed by atoms with Crippen molar-refractivity contribution < 1.29 is 10.2 Å². The molecule has 15 heavy (non-hydrogen) atoms. The Balaban J connectivity index is 2.94. The van der Waals surface area contributed by atoms with Gasteiger partial charge in [-0.1, -0.05) is 6.92 Å². The average molecular weight is 213 g/mol. The normalized spacial score (nSPS) is 12.1. The van der Waals surface area contributed by atoms with Gasteiger partial charge in [0, 0.05) is 5.41 Å². The SMILES string of the molecule is Cc1nn(CC(C)(CO)CO)c(C)c1N. The molecule has 5 nitrogen and oxygen atoms in total. The second-order valence-corrected chi connectivity index (χ2v) is 4.37. The second kappa shape index (κ2) is 4.20. The minimum atomic E-state index is -0.560. The fourth-order valence-corrected chi connectivity index (χ4v) is 1.38. The number of aryl methyl sites for hydroxylation is 1. The van der Waals surface area contributed by atoms with Crippen LogP contribution in [0.4, 0.5) is 5.69 Å². The quantitative estimate of drug-likeness (QED) is 0.661. The molecule has 0 saturated carbocycles. The monoisotopic (exact) mass is 213 g/mol. The predicted molar refractivity (Wildman–Crippen MR) is 58.4 cm³/mol. The van der Waals surface area contributed by atoms with Crippen molar-refractivity contribution in [2.24, 2.45) is 5.41 Å². The van der Waals surface area contributed by atoms with Crippen molar-refractivity contribution in [2.75, 3.05) is 18.9 Å². The molecule has 0 fully saturated rings. The first-order valence-electron chi connectivity index (χ1n) is 4.95. The van der Waals surface area contributed by atoms with E-state index in [9.17, 15) is 10.2 Å². The van der Waals surface area contributed by atoms with Crippen LogP contribution >= 0.6 is 0 Å². The van der Waals surface area contributed by atoms with Crippen molar-refractivity contribution >= 4 is 5.69 Å². The van der Waals surface area contributed by atoms with E-state index < -0.39 is 5.41 Å². The molecule has 5 heteroatoms. The van der Waals surface area contributed by atoms with Gasteiger partial charge >= 0.3 is 0 Å². The van der Waals surface area contributed by atoms with Crippen molar-refractivity contribution in [3.8, 4) is 0 Å². The van der Waals surface area contributed by atoms with Crippen LogP contribution in [0.1, 0.15) is 18.3 Å². The highest BCUT2D eigenvalue weighted by Gasteiger charge is 2.25. The molecule has 0 saturated heterocycles. The maximum Gasteiger partial charge on any atom is 0.0825 e. The summed E-state index contributed by atoms with van der Waals surface area (Å²) >= 11 is 0. The lowest BCUT2D eigenvalue weighted by Gasteiger charge is -2.24. The van der Waals surface area contributed by atoms with Crippen LogP contribution in [-0.2, 0) is 6.54 Å². The summed E-state index contributed by atoms with van der Waals surface area (Å²) in [7, 11) is 0. The molecule has 1 aromatic heterocycles. The van der Waals surface area contributed by atoms with Gasteiger partial charge in [-0.05, 0) is 13.8 Å². The molecule has 0 spiro atoms. The molecule has 0 aromatic carbocycles. The lowest BCUT2D eigenvalue weighted by molar-refractivity contribution is 0.0518. The van der Waals surface area contributed by atoms with Crippen LogP contribution in [0.15, 0.2) is 0 Å². The van der Waals surface area contributed by atoms with E-state index in [1.54, 1.807) is 11.6 Å². The topological polar surface area (TPSA) is 84.3 Å². The van der Waals surface area contributed by atoms with E-state index in [1.807, 2.05) is 13.8 Å². The summed E-state index contributed by atoms with van der Waals surface area (Å²) in [6.45, 7) is 5.82. The smallest absolute Gasteiger partial charge is 0.0825 e. The number of aromatic nitrogens is 2. The molecular weight excluding hydrogens is 194 g/mol. The molecule has 0 aliphatic rings. The molecule has 0 radical (unpaired) electrons. The van der Waals surface area contributed by atoms with Gasteiger partial charge in [0.1, 0.15) is 0 Å². The van der Waals surface area contributed by atoms with Gasteiger partial charge in [0.2, 0.25) is 0 Å². The number of aliphatic hydroxyl groups excluding tert-OH is 2. The molecule has 0 atom stereocenters. The summed E-state index contributed by atoms with van der Waals surface area (Å²) < 4.78 is 1.73. The Hall–Kier alpha value is -1.07. The highest BCUT2D eigenvalue weighted by molar-refractivity contribution is 5.46. The molecule has 0 bridgehead atoms. The van der Waals surface area contributed by atoms with Crippen LogP contribution in [0.2, 0.25) is 0 Å². The third-order valence-corrected chi connectivity index (χ3v) is 2.73. The van der Waals surface area contributed by atoms with Crippen molar-refractivity contribution in [3.05, 3.63) is 11.4 Å². The molecule has 4 N–H and O–H groups in total. The lowest BCUT2D eigenvalue weighted by Crippen LogP contribution is -2.32. The summed E-state index contributed by atoms with van der Waals surface area (Å²) in [6.07, 6.45) is 0. The average Bonchev–Trinajstić information content (AvgIpc) is 2.46. The summed E-state index contributed by atoms with van der Waals surface area (Å²) in [6, 6.07) is 0. The van der Waals surface area contributed by atoms with Crippen molar-refractivity contribution in [1.29, 1.82) is 0 Å². The number of aliphatic hydroxyl groups is 2. The second-order valence-electron chi connectivity index (χ2n) is 4.37. The van der Waals surface area contributed by atoms with Crippen LogP contribution in [0.3, 0.4) is 0 Å². The largest absolute Gasteiger partial charge is 0.396 e. The van der Waals surface area contributed by atoms with Gasteiger partial charge in [-0.3, -0.25) is 4.68 Å². The first kappa shape index (κ1) is 12.0. The summed E-state index contributed by atoms with van der Waals surface area (Å²) in [4.78, 5) is 0. The van der Waals surface area contributed by atoms with Gasteiger partial charge in [-0.25, -0.2) is 0 Å². The van der Waals surface area contributed by atoms with Gasteiger partial charge in [-0.2, -0.15) is 5.10 Å². The zero-order valence-electron chi connectivity index (χ0n) is 9.49. The van der Waals surface area contributed by atoms with Gasteiger partial charge in [0.15, 0.2) is 0 Å². The summed E-state index contributed by atoms with van der Waals surface area (Å²) in [5.41, 5.74) is 7.57. The highest BCUT2D eigenvalue weighted by Crippen LogP contribution is 2.21. The molecule has 1 heterocycles. The predicted octanol–water partition coefficient (Wildman–Crippen LogP) is 0.0730. The van der Waals surface area contributed by atoms with Crippen LogP contribution < -0.4 is 5.73 Å². The summed E-state index contributed by atoms with van der Waals surface area (Å²) in [5, 5.41) is 22.6. The van der Waals surface area contributed by atoms with E-state index in [4.69, 9.17) is 5.73 Å². The Morgan fingerprint density at radius 1 is 1.33 bits per heavy atom. The third kappa shape index (κ3) is 2.30. The van der Waals surface area contributed by atoms with E-state index in [1.165, 1.54) is 0 Å². The first-order chi connectivity index (χ1) is 6.93. The summed E-state index contributed by atoms with van der Waals surface area (Å²) in [5.74, 6) is 0. The zero-order chi connectivity index (χ0) is 11.6. The fourth-order valence-electron chi connectivity index (χ4n) is 1.38. The number of nitrogen functional groups attached to an aromatic ring is 1. The first-order valence-corrected chi connectivity index (χ1v) is 4.95. The Morgan fingerprint density at radius 3 is 2.20 bits per heavy atom. The van der Waals surface area contributed by atoms with E-state index in [-0.39, 0.29) is 13.2 Å². The third-order valence-electron chi connectivity index (χ3n) is 2.73. The van der Waals surface area contributed by atoms with Crippen LogP contribution in [0.25, 0.3) is 0 Å². The Bertz CT molecular complexity index is 343. The zero-order valence-corrected chi connectivity index (χ0v) is 9.49. The Morgan fingerprint density at radius 2 is 1.87 bits per heavy atom. The van der Waals surface area contributed by atoms with Gasteiger partial charge in [0.05, 0.1) is 36.8 Å². The molecule has 1 aromatic rings. The molecule has 0 aliphatic carbocycles. The van der Waals surface area contributed by atoms with Gasteiger partial charge in [-0.15, -0.1) is 0 Å². The number of nitrogens with two attached hydrogens (primary N) is 1. The maximum absolute atomic E-state index is 9.18. The molecular formula is C10H19N3O2. The van der Waals surface area contributed by atoms with Crippen LogP contribution in [0.5, 0.6) is 0 Å². The van der Waals surface area contributed by atoms with Crippen molar-refractivity contribution in [2.45, 2.75) is 27.3 Å². The van der Waals surface area contributed by atoms with E-state index >= 15 is 0 Å². The van der Waals surface area contributed by atoms with E-state index in [0.29, 0.717) is 12.2 Å². The Kier molecular flexibility index (Phi) is 3.36. The number of hydrogen-bond acceptors (Lipinski definition) is 4. The van der Waals surface area contributed by atoms with Crippen LogP contribution in [-0.4, -0.2) is 33.2 Å². The Labute approximate surface area is 89.5 Å². The molecule has 1 rings (SSSR count). The number of rotatable bonds is 4. The number of nitrogens with zero attached hydrogens (tertiary/aromatic N) is 2. The van der Waals surface area contributed by atoms with Crippen molar-refractivity contribution in [3.63, 3.8) is 0 Å². The van der Waals surface area contributed by atoms with Crippen LogP contribution in [0, 0.1) is 19.3 Å². The van der Waals surface area contributed by atoms with Gasteiger partial charge < -0.3 is 15.9 Å². The minimum Gasteiger partial charge on any atom is -0.396 e. The van der Waals surface area contributed by atoms with Gasteiger partial charge in [0.25, 0.3) is 0 Å². The molecule has 0 aliphatic heterocycles. The van der Waals surface area contributed by atoms with Crippen molar-refractivity contribution in [1.82, 2.24) is 9.78 Å². The standard InChI is InChI=1S/C10H19N3O2/c1-7-9(11)8(2)13(12-7)4-10(3,5-14)6-15/h14-15H,4-6,11H2,1-3H3. The van der Waals surface area contributed by atoms with E-state index in [0.717, 1.165) is 11.4 Å². The molecule has 0 amide bonds. The molecule has 86 valence electrons. The number of anilines is 1. The molecule has 0 unspecified atom stereocenters. The maximum atomic E-state index is 9.18. The number of hydrogen-bond donors (Lipinski definition) is 3.